The molecule has 0 radical (unpaired) electrons. The lowest BCUT2D eigenvalue weighted by atomic mass is 9.87. The van der Waals surface area contributed by atoms with Crippen molar-refractivity contribution in [1.82, 2.24) is 10.6 Å². The molecule has 1 amide bonds. The van der Waals surface area contributed by atoms with E-state index < -0.39 is 0 Å². The zero-order valence-corrected chi connectivity index (χ0v) is 12.3. The van der Waals surface area contributed by atoms with Crippen molar-refractivity contribution in [3.8, 4) is 0 Å². The van der Waals surface area contributed by atoms with Crippen LogP contribution in [0.15, 0.2) is 0 Å². The predicted molar refractivity (Wildman–Crippen MR) is 77.7 cm³/mol. The SMILES string of the molecule is CC(C)C(NC1CCCC1C1CCCCN1)C(N)=O. The summed E-state index contributed by atoms with van der Waals surface area (Å²) in [7, 11) is 0. The molecule has 2 rings (SSSR count). The molecular weight excluding hydrogens is 238 g/mol. The molecule has 0 aromatic heterocycles. The second kappa shape index (κ2) is 6.71. The number of hydrogen-bond acceptors (Lipinski definition) is 3. The summed E-state index contributed by atoms with van der Waals surface area (Å²) in [5.74, 6) is 0.719. The fraction of sp³-hybridized carbons (Fsp3) is 0.933. The third kappa shape index (κ3) is 3.69. The van der Waals surface area contributed by atoms with Crippen LogP contribution in [-0.4, -0.2) is 30.6 Å². The zero-order chi connectivity index (χ0) is 13.8. The van der Waals surface area contributed by atoms with Gasteiger partial charge in [0.05, 0.1) is 6.04 Å². The summed E-state index contributed by atoms with van der Waals surface area (Å²) >= 11 is 0. The minimum atomic E-state index is -0.211. The Morgan fingerprint density at radius 2 is 2.00 bits per heavy atom. The van der Waals surface area contributed by atoms with Gasteiger partial charge in [0.2, 0.25) is 5.91 Å². The number of hydrogen-bond donors (Lipinski definition) is 3. The van der Waals surface area contributed by atoms with Gasteiger partial charge in [-0.2, -0.15) is 0 Å². The normalized spacial score (nSPS) is 33.5. The number of carbonyl (C=O) groups excluding carboxylic acids is 1. The molecule has 1 aliphatic carbocycles. The Bertz CT molecular complexity index is 300. The summed E-state index contributed by atoms with van der Waals surface area (Å²) < 4.78 is 0. The molecule has 0 bridgehead atoms. The highest BCUT2D eigenvalue weighted by Crippen LogP contribution is 2.32. The Hall–Kier alpha value is -0.610. The highest BCUT2D eigenvalue weighted by atomic mass is 16.1. The van der Waals surface area contributed by atoms with Crippen molar-refractivity contribution in [2.45, 2.75) is 70.5 Å². The van der Waals surface area contributed by atoms with Gasteiger partial charge in [-0.3, -0.25) is 4.79 Å². The van der Waals surface area contributed by atoms with Gasteiger partial charge in [0.25, 0.3) is 0 Å². The van der Waals surface area contributed by atoms with Crippen molar-refractivity contribution in [3.63, 3.8) is 0 Å². The monoisotopic (exact) mass is 267 g/mol. The number of amides is 1. The van der Waals surface area contributed by atoms with Crippen LogP contribution in [0.4, 0.5) is 0 Å². The summed E-state index contributed by atoms with van der Waals surface area (Å²) in [4.78, 5) is 11.6. The molecule has 4 heteroatoms. The summed E-state index contributed by atoms with van der Waals surface area (Å²) in [5.41, 5.74) is 5.52. The van der Waals surface area contributed by atoms with Crippen LogP contribution in [0.25, 0.3) is 0 Å². The molecule has 0 spiro atoms. The molecule has 0 aromatic rings. The van der Waals surface area contributed by atoms with Crippen LogP contribution in [0.5, 0.6) is 0 Å². The highest BCUT2D eigenvalue weighted by molar-refractivity contribution is 5.80. The van der Waals surface area contributed by atoms with Gasteiger partial charge >= 0.3 is 0 Å². The highest BCUT2D eigenvalue weighted by Gasteiger charge is 2.36. The molecule has 1 saturated heterocycles. The minimum Gasteiger partial charge on any atom is -0.368 e. The first-order valence-corrected chi connectivity index (χ1v) is 7.88. The van der Waals surface area contributed by atoms with Gasteiger partial charge in [0, 0.05) is 12.1 Å². The summed E-state index contributed by atoms with van der Waals surface area (Å²) in [6.45, 7) is 5.27. The van der Waals surface area contributed by atoms with Crippen molar-refractivity contribution in [3.05, 3.63) is 0 Å². The van der Waals surface area contributed by atoms with E-state index in [0.29, 0.717) is 18.0 Å². The molecule has 110 valence electrons. The maximum atomic E-state index is 11.6. The maximum absolute atomic E-state index is 11.6. The van der Waals surface area contributed by atoms with Crippen LogP contribution < -0.4 is 16.4 Å². The average molecular weight is 267 g/mol. The van der Waals surface area contributed by atoms with E-state index in [-0.39, 0.29) is 17.9 Å². The zero-order valence-electron chi connectivity index (χ0n) is 12.3. The second-order valence-corrected chi connectivity index (χ2v) is 6.55. The lowest BCUT2D eigenvalue weighted by Gasteiger charge is -2.35. The largest absolute Gasteiger partial charge is 0.368 e. The fourth-order valence-corrected chi connectivity index (χ4v) is 3.76. The number of rotatable bonds is 5. The van der Waals surface area contributed by atoms with Crippen LogP contribution in [0.1, 0.15) is 52.4 Å². The first kappa shape index (κ1) is 14.8. The molecule has 2 fully saturated rings. The van der Waals surface area contributed by atoms with Crippen molar-refractivity contribution in [2.75, 3.05) is 6.54 Å². The Kier molecular flexibility index (Phi) is 5.22. The molecule has 19 heavy (non-hydrogen) atoms. The number of carbonyl (C=O) groups is 1. The fourth-order valence-electron chi connectivity index (χ4n) is 3.76. The van der Waals surface area contributed by atoms with Gasteiger partial charge in [-0.25, -0.2) is 0 Å². The average Bonchev–Trinajstić information content (AvgIpc) is 2.84. The lowest BCUT2D eigenvalue weighted by molar-refractivity contribution is -0.121. The number of piperidine rings is 1. The van der Waals surface area contributed by atoms with E-state index in [1.807, 2.05) is 0 Å². The summed E-state index contributed by atoms with van der Waals surface area (Å²) in [6, 6.07) is 0.902. The van der Waals surface area contributed by atoms with E-state index in [9.17, 15) is 4.79 Å². The molecule has 2 aliphatic rings. The minimum absolute atomic E-state index is 0.186. The van der Waals surface area contributed by atoms with E-state index in [1.54, 1.807) is 0 Å². The van der Waals surface area contributed by atoms with Crippen molar-refractivity contribution in [2.24, 2.45) is 17.6 Å². The van der Waals surface area contributed by atoms with Crippen LogP contribution >= 0.6 is 0 Å². The van der Waals surface area contributed by atoms with Gasteiger partial charge in [-0.15, -0.1) is 0 Å². The van der Waals surface area contributed by atoms with Crippen LogP contribution in [0, 0.1) is 11.8 Å². The first-order valence-electron chi connectivity index (χ1n) is 7.88. The van der Waals surface area contributed by atoms with E-state index >= 15 is 0 Å². The maximum Gasteiger partial charge on any atom is 0.234 e. The molecule has 4 N–H and O–H groups in total. The molecular formula is C15H29N3O. The van der Waals surface area contributed by atoms with E-state index in [2.05, 4.69) is 24.5 Å². The Labute approximate surface area is 116 Å². The standard InChI is InChI=1S/C15H29N3O/c1-10(2)14(15(16)19)18-13-8-5-6-11(13)12-7-3-4-9-17-12/h10-14,17-18H,3-9H2,1-2H3,(H2,16,19). The van der Waals surface area contributed by atoms with Crippen molar-refractivity contribution in [1.29, 1.82) is 0 Å². The second-order valence-electron chi connectivity index (χ2n) is 6.55. The van der Waals surface area contributed by atoms with Crippen molar-refractivity contribution < 1.29 is 4.79 Å². The Morgan fingerprint density at radius 3 is 2.58 bits per heavy atom. The topological polar surface area (TPSA) is 67.2 Å². The number of nitrogens with two attached hydrogens (primary N) is 1. The van der Waals surface area contributed by atoms with E-state index in [1.165, 1.54) is 38.5 Å². The molecule has 1 aliphatic heterocycles. The molecule has 4 nitrogen and oxygen atoms in total. The van der Waals surface area contributed by atoms with Gasteiger partial charge < -0.3 is 16.4 Å². The molecule has 1 heterocycles. The molecule has 4 unspecified atom stereocenters. The Balaban J connectivity index is 1.95. The number of nitrogens with one attached hydrogen (secondary N) is 2. The van der Waals surface area contributed by atoms with Gasteiger partial charge in [0.15, 0.2) is 0 Å². The third-order valence-electron chi connectivity index (χ3n) is 4.80. The molecule has 4 atom stereocenters. The van der Waals surface area contributed by atoms with E-state index in [0.717, 1.165) is 6.54 Å². The summed E-state index contributed by atoms with van der Waals surface area (Å²) in [6.07, 6.45) is 7.65. The lowest BCUT2D eigenvalue weighted by Crippen LogP contribution is -2.54. The Morgan fingerprint density at radius 1 is 1.21 bits per heavy atom. The summed E-state index contributed by atoms with van der Waals surface area (Å²) in [5, 5.41) is 7.21. The van der Waals surface area contributed by atoms with E-state index in [4.69, 9.17) is 5.73 Å². The first-order chi connectivity index (χ1) is 9.09. The van der Waals surface area contributed by atoms with Gasteiger partial charge in [-0.05, 0) is 44.1 Å². The van der Waals surface area contributed by atoms with Crippen molar-refractivity contribution >= 4 is 5.91 Å². The molecule has 0 aromatic carbocycles. The van der Waals surface area contributed by atoms with Gasteiger partial charge in [0.1, 0.15) is 0 Å². The predicted octanol–water partition coefficient (Wildman–Crippen LogP) is 1.40. The van der Waals surface area contributed by atoms with Gasteiger partial charge in [-0.1, -0.05) is 26.7 Å². The quantitative estimate of drug-likeness (QED) is 0.705. The molecule has 1 saturated carbocycles. The van der Waals surface area contributed by atoms with Crippen LogP contribution in [0.2, 0.25) is 0 Å². The number of primary amides is 1. The van der Waals surface area contributed by atoms with Crippen LogP contribution in [0.3, 0.4) is 0 Å². The smallest absolute Gasteiger partial charge is 0.234 e. The van der Waals surface area contributed by atoms with Crippen LogP contribution in [-0.2, 0) is 4.79 Å². The third-order valence-corrected chi connectivity index (χ3v) is 4.80.